The fourth-order valence-corrected chi connectivity index (χ4v) is 1.92. The third-order valence-corrected chi connectivity index (χ3v) is 2.64. The summed E-state index contributed by atoms with van der Waals surface area (Å²) in [5.41, 5.74) is 9.16. The Bertz CT molecular complexity index is 517. The molecule has 0 spiro atoms. The Kier molecular flexibility index (Phi) is 3.74. The second-order valence-electron chi connectivity index (χ2n) is 4.51. The number of aliphatic hydroxyl groups excluding tert-OH is 1. The number of rotatable bonds is 4. The van der Waals surface area contributed by atoms with Crippen molar-refractivity contribution in [2.45, 2.75) is 26.3 Å². The lowest BCUT2D eigenvalue weighted by Gasteiger charge is -2.02. The molecule has 3 N–H and O–H groups in total. The topological polar surface area (TPSA) is 85.2 Å². The van der Waals surface area contributed by atoms with Gasteiger partial charge in [0.1, 0.15) is 6.04 Å². The third kappa shape index (κ3) is 2.94. The molecule has 96 valence electrons. The number of aliphatic hydroxyl groups is 1. The first-order chi connectivity index (χ1) is 8.58. The van der Waals surface area contributed by atoms with Crippen molar-refractivity contribution in [3.8, 4) is 0 Å². The maximum atomic E-state index is 8.91. The minimum absolute atomic E-state index is 0.203. The van der Waals surface area contributed by atoms with E-state index in [9.17, 15) is 0 Å². The standard InChI is InChI=1S/C13H17N3O2/c1-8-3-9(2)5-10(4-8)6-12-15-13(18-16-12)11(14)7-17/h3-5,11,17H,6-7,14H2,1-2H3. The molecule has 1 unspecified atom stereocenters. The van der Waals surface area contributed by atoms with E-state index in [1.54, 1.807) is 0 Å². The molecule has 1 aromatic heterocycles. The van der Waals surface area contributed by atoms with E-state index in [0.29, 0.717) is 12.2 Å². The summed E-state index contributed by atoms with van der Waals surface area (Å²) in [5, 5.41) is 12.8. The van der Waals surface area contributed by atoms with Gasteiger partial charge in [-0.05, 0) is 19.4 Å². The lowest BCUT2D eigenvalue weighted by atomic mass is 10.1. The van der Waals surface area contributed by atoms with Gasteiger partial charge in [0.2, 0.25) is 5.89 Å². The maximum absolute atomic E-state index is 8.91. The van der Waals surface area contributed by atoms with Crippen molar-refractivity contribution in [1.29, 1.82) is 0 Å². The molecule has 18 heavy (non-hydrogen) atoms. The molecule has 5 heteroatoms. The zero-order valence-electron chi connectivity index (χ0n) is 10.6. The minimum Gasteiger partial charge on any atom is -0.394 e. The van der Waals surface area contributed by atoms with Gasteiger partial charge in [-0.3, -0.25) is 0 Å². The highest BCUT2D eigenvalue weighted by atomic mass is 16.5. The molecule has 0 radical (unpaired) electrons. The molecule has 1 aromatic carbocycles. The van der Waals surface area contributed by atoms with Crippen LogP contribution in [-0.4, -0.2) is 21.9 Å². The predicted molar refractivity (Wildman–Crippen MR) is 67.0 cm³/mol. The fraction of sp³-hybridized carbons (Fsp3) is 0.385. The average Bonchev–Trinajstić information content (AvgIpc) is 2.75. The Morgan fingerprint density at radius 2 is 1.94 bits per heavy atom. The van der Waals surface area contributed by atoms with E-state index in [-0.39, 0.29) is 12.5 Å². The van der Waals surface area contributed by atoms with Gasteiger partial charge in [-0.1, -0.05) is 34.5 Å². The zero-order chi connectivity index (χ0) is 13.1. The number of benzene rings is 1. The van der Waals surface area contributed by atoms with Crippen molar-refractivity contribution in [2.75, 3.05) is 6.61 Å². The summed E-state index contributed by atoms with van der Waals surface area (Å²) in [6.07, 6.45) is 0.601. The normalized spacial score (nSPS) is 12.7. The average molecular weight is 247 g/mol. The maximum Gasteiger partial charge on any atom is 0.245 e. The van der Waals surface area contributed by atoms with Crippen LogP contribution in [0, 0.1) is 13.8 Å². The van der Waals surface area contributed by atoms with Gasteiger partial charge in [0, 0.05) is 6.42 Å². The molecule has 5 nitrogen and oxygen atoms in total. The summed E-state index contributed by atoms with van der Waals surface area (Å²) in [7, 11) is 0. The van der Waals surface area contributed by atoms with Crippen molar-refractivity contribution in [3.05, 3.63) is 46.6 Å². The SMILES string of the molecule is Cc1cc(C)cc(Cc2noc(C(N)CO)n2)c1. The summed E-state index contributed by atoms with van der Waals surface area (Å²) < 4.78 is 5.00. The summed E-state index contributed by atoms with van der Waals surface area (Å²) in [6, 6.07) is 5.70. The number of nitrogens with zero attached hydrogens (tertiary/aromatic N) is 2. The molecule has 0 amide bonds. The Labute approximate surface area is 106 Å². The van der Waals surface area contributed by atoms with Crippen molar-refractivity contribution < 1.29 is 9.63 Å². The fourth-order valence-electron chi connectivity index (χ4n) is 1.92. The second kappa shape index (κ2) is 5.29. The Morgan fingerprint density at radius 3 is 2.56 bits per heavy atom. The molecule has 1 heterocycles. The van der Waals surface area contributed by atoms with Crippen LogP contribution in [-0.2, 0) is 6.42 Å². The molecular weight excluding hydrogens is 230 g/mol. The Balaban J connectivity index is 2.16. The van der Waals surface area contributed by atoms with Crippen LogP contribution >= 0.6 is 0 Å². The van der Waals surface area contributed by atoms with Gasteiger partial charge in [0.15, 0.2) is 5.82 Å². The first kappa shape index (κ1) is 12.7. The molecule has 0 saturated carbocycles. The van der Waals surface area contributed by atoms with Crippen molar-refractivity contribution in [3.63, 3.8) is 0 Å². The lowest BCUT2D eigenvalue weighted by molar-refractivity contribution is 0.236. The van der Waals surface area contributed by atoms with Crippen LogP contribution in [0.3, 0.4) is 0 Å². The molecule has 0 aliphatic heterocycles. The highest BCUT2D eigenvalue weighted by Gasteiger charge is 2.13. The van der Waals surface area contributed by atoms with Gasteiger partial charge in [0.25, 0.3) is 0 Å². The molecule has 0 aliphatic rings. The quantitative estimate of drug-likeness (QED) is 0.849. The van der Waals surface area contributed by atoms with E-state index in [1.807, 2.05) is 0 Å². The van der Waals surface area contributed by atoms with Gasteiger partial charge in [-0.2, -0.15) is 4.98 Å². The van der Waals surface area contributed by atoms with Crippen LogP contribution in [0.5, 0.6) is 0 Å². The highest BCUT2D eigenvalue weighted by Crippen LogP contribution is 2.13. The zero-order valence-corrected chi connectivity index (χ0v) is 10.6. The van der Waals surface area contributed by atoms with Crippen LogP contribution in [0.25, 0.3) is 0 Å². The van der Waals surface area contributed by atoms with E-state index in [0.717, 1.165) is 5.56 Å². The van der Waals surface area contributed by atoms with Gasteiger partial charge in [-0.15, -0.1) is 0 Å². The Hall–Kier alpha value is -1.72. The molecule has 2 aromatic rings. The first-order valence-corrected chi connectivity index (χ1v) is 5.84. The third-order valence-electron chi connectivity index (χ3n) is 2.64. The molecule has 2 rings (SSSR count). The van der Waals surface area contributed by atoms with Crippen molar-refractivity contribution in [2.24, 2.45) is 5.73 Å². The van der Waals surface area contributed by atoms with E-state index in [1.165, 1.54) is 11.1 Å². The monoisotopic (exact) mass is 247 g/mol. The second-order valence-corrected chi connectivity index (χ2v) is 4.51. The van der Waals surface area contributed by atoms with Crippen LogP contribution in [0.15, 0.2) is 22.7 Å². The van der Waals surface area contributed by atoms with Crippen LogP contribution in [0.4, 0.5) is 0 Å². The molecule has 0 fully saturated rings. The molecule has 1 atom stereocenters. The van der Waals surface area contributed by atoms with Gasteiger partial charge < -0.3 is 15.4 Å². The summed E-state index contributed by atoms with van der Waals surface area (Å²) in [6.45, 7) is 3.91. The lowest BCUT2D eigenvalue weighted by Crippen LogP contribution is -2.14. The number of hydrogen-bond acceptors (Lipinski definition) is 5. The van der Waals surface area contributed by atoms with Crippen molar-refractivity contribution in [1.82, 2.24) is 10.1 Å². The molecule has 0 saturated heterocycles. The number of aromatic nitrogens is 2. The van der Waals surface area contributed by atoms with E-state index in [4.69, 9.17) is 15.4 Å². The first-order valence-electron chi connectivity index (χ1n) is 5.84. The van der Waals surface area contributed by atoms with E-state index >= 15 is 0 Å². The van der Waals surface area contributed by atoms with Gasteiger partial charge in [0.05, 0.1) is 6.61 Å². The molecule has 0 bridgehead atoms. The number of hydrogen-bond donors (Lipinski definition) is 2. The summed E-state index contributed by atoms with van der Waals surface area (Å²) in [5.74, 6) is 0.857. The largest absolute Gasteiger partial charge is 0.394 e. The van der Waals surface area contributed by atoms with Crippen LogP contribution < -0.4 is 5.73 Å². The molecular formula is C13H17N3O2. The minimum atomic E-state index is -0.606. The van der Waals surface area contributed by atoms with E-state index < -0.39 is 6.04 Å². The van der Waals surface area contributed by atoms with Crippen LogP contribution in [0.2, 0.25) is 0 Å². The smallest absolute Gasteiger partial charge is 0.245 e. The summed E-state index contributed by atoms with van der Waals surface area (Å²) in [4.78, 5) is 4.17. The van der Waals surface area contributed by atoms with E-state index in [2.05, 4.69) is 42.2 Å². The number of nitrogens with two attached hydrogens (primary N) is 1. The Morgan fingerprint density at radius 1 is 1.28 bits per heavy atom. The summed E-state index contributed by atoms with van der Waals surface area (Å²) >= 11 is 0. The van der Waals surface area contributed by atoms with Gasteiger partial charge in [-0.25, -0.2) is 0 Å². The highest BCUT2D eigenvalue weighted by molar-refractivity contribution is 5.30. The van der Waals surface area contributed by atoms with Gasteiger partial charge >= 0.3 is 0 Å². The molecule has 0 aliphatic carbocycles. The number of aryl methyl sites for hydroxylation is 2. The predicted octanol–water partition coefficient (Wildman–Crippen LogP) is 1.27. The van der Waals surface area contributed by atoms with Crippen molar-refractivity contribution >= 4 is 0 Å². The van der Waals surface area contributed by atoms with Crippen LogP contribution in [0.1, 0.15) is 34.4 Å².